The Morgan fingerprint density at radius 3 is 2.57 bits per heavy atom. The molecule has 21 heavy (non-hydrogen) atoms. The highest BCUT2D eigenvalue weighted by atomic mass is 32.2. The van der Waals surface area contributed by atoms with Gasteiger partial charge in [-0.15, -0.1) is 10.2 Å². The summed E-state index contributed by atoms with van der Waals surface area (Å²) in [6.45, 7) is 10.9. The van der Waals surface area contributed by atoms with Gasteiger partial charge in [0.15, 0.2) is 5.16 Å². The number of hydrogen-bond donors (Lipinski definition) is 1. The van der Waals surface area contributed by atoms with Crippen LogP contribution in [0.5, 0.6) is 0 Å². The van der Waals surface area contributed by atoms with Gasteiger partial charge in [0.1, 0.15) is 11.6 Å². The molecule has 0 fully saturated rings. The second-order valence-electron chi connectivity index (χ2n) is 6.22. The third-order valence-electron chi connectivity index (χ3n) is 3.05. The maximum Gasteiger partial charge on any atom is 0.204 e. The van der Waals surface area contributed by atoms with Gasteiger partial charge in [-0.2, -0.15) is 0 Å². The molecule has 0 aliphatic carbocycles. The molecule has 2 aromatic rings. The standard InChI is InChI=1S/C14H23N5OS/c1-9(2)19-11(6-15)17-18-13(19)21-8-12-16-7-10(20-12)14(3,4)5/h7,9H,6,8,15H2,1-5H3. The largest absolute Gasteiger partial charge is 0.444 e. The second-order valence-corrected chi connectivity index (χ2v) is 7.17. The zero-order chi connectivity index (χ0) is 15.6. The van der Waals surface area contributed by atoms with Crippen LogP contribution in [0.2, 0.25) is 0 Å². The van der Waals surface area contributed by atoms with Crippen LogP contribution >= 0.6 is 11.8 Å². The highest BCUT2D eigenvalue weighted by Gasteiger charge is 2.20. The average Bonchev–Trinajstić information content (AvgIpc) is 3.02. The highest BCUT2D eigenvalue weighted by molar-refractivity contribution is 7.98. The number of aromatic nitrogens is 4. The maximum atomic E-state index is 5.79. The van der Waals surface area contributed by atoms with E-state index in [-0.39, 0.29) is 11.5 Å². The molecule has 0 atom stereocenters. The van der Waals surface area contributed by atoms with Crippen LogP contribution in [0.25, 0.3) is 0 Å². The van der Waals surface area contributed by atoms with Crippen molar-refractivity contribution in [2.75, 3.05) is 0 Å². The summed E-state index contributed by atoms with van der Waals surface area (Å²) < 4.78 is 7.84. The molecule has 0 saturated heterocycles. The number of oxazole rings is 1. The Bertz CT molecular complexity index is 597. The van der Waals surface area contributed by atoms with Crippen LogP contribution in [-0.2, 0) is 17.7 Å². The van der Waals surface area contributed by atoms with E-state index < -0.39 is 0 Å². The van der Waals surface area contributed by atoms with Crippen LogP contribution in [0.3, 0.4) is 0 Å². The monoisotopic (exact) mass is 309 g/mol. The molecule has 0 unspecified atom stereocenters. The van der Waals surface area contributed by atoms with E-state index in [2.05, 4.69) is 54.4 Å². The molecule has 7 heteroatoms. The minimum Gasteiger partial charge on any atom is -0.444 e. The number of thioether (sulfide) groups is 1. The molecule has 0 aliphatic rings. The number of rotatable bonds is 5. The summed E-state index contributed by atoms with van der Waals surface area (Å²) in [6.07, 6.45) is 1.80. The lowest BCUT2D eigenvalue weighted by Gasteiger charge is -2.13. The van der Waals surface area contributed by atoms with Gasteiger partial charge in [-0.1, -0.05) is 32.5 Å². The Morgan fingerprint density at radius 1 is 1.33 bits per heavy atom. The van der Waals surface area contributed by atoms with E-state index in [4.69, 9.17) is 10.2 Å². The Balaban J connectivity index is 2.10. The Morgan fingerprint density at radius 2 is 2.05 bits per heavy atom. The lowest BCUT2D eigenvalue weighted by molar-refractivity contribution is 0.390. The van der Waals surface area contributed by atoms with Crippen LogP contribution in [-0.4, -0.2) is 19.7 Å². The summed E-state index contributed by atoms with van der Waals surface area (Å²) >= 11 is 1.57. The molecule has 0 aromatic carbocycles. The molecule has 0 spiro atoms. The summed E-state index contributed by atoms with van der Waals surface area (Å²) in [5.74, 6) is 3.03. The summed E-state index contributed by atoms with van der Waals surface area (Å²) in [7, 11) is 0. The molecule has 0 radical (unpaired) electrons. The maximum absolute atomic E-state index is 5.79. The molecule has 0 aliphatic heterocycles. The topological polar surface area (TPSA) is 82.8 Å². The van der Waals surface area contributed by atoms with Crippen LogP contribution in [0.4, 0.5) is 0 Å². The van der Waals surface area contributed by atoms with E-state index in [1.54, 1.807) is 18.0 Å². The minimum atomic E-state index is -0.0272. The van der Waals surface area contributed by atoms with E-state index >= 15 is 0 Å². The summed E-state index contributed by atoms with van der Waals surface area (Å²) in [6, 6.07) is 0.274. The first-order valence-corrected chi connectivity index (χ1v) is 8.03. The molecule has 6 nitrogen and oxygen atoms in total. The van der Waals surface area contributed by atoms with E-state index in [1.807, 2.05) is 0 Å². The third kappa shape index (κ3) is 3.65. The first kappa shape index (κ1) is 16.0. The molecule has 0 amide bonds. The van der Waals surface area contributed by atoms with E-state index in [9.17, 15) is 0 Å². The van der Waals surface area contributed by atoms with Crippen LogP contribution in [0.1, 0.15) is 58.1 Å². The zero-order valence-electron chi connectivity index (χ0n) is 13.3. The predicted molar refractivity (Wildman–Crippen MR) is 83.1 cm³/mol. The van der Waals surface area contributed by atoms with Gasteiger partial charge in [0, 0.05) is 11.5 Å². The summed E-state index contributed by atoms with van der Waals surface area (Å²) in [5, 5.41) is 9.18. The SMILES string of the molecule is CC(C)n1c(CN)nnc1SCc1ncc(C(C)(C)C)o1. The molecule has 2 aromatic heterocycles. The molecule has 2 rings (SSSR count). The van der Waals surface area contributed by atoms with Crippen molar-refractivity contribution < 1.29 is 4.42 Å². The third-order valence-corrected chi connectivity index (χ3v) is 3.98. The van der Waals surface area contributed by atoms with Gasteiger partial charge in [-0.3, -0.25) is 0 Å². The van der Waals surface area contributed by atoms with Gasteiger partial charge in [-0.05, 0) is 13.8 Å². The highest BCUT2D eigenvalue weighted by Crippen LogP contribution is 2.27. The van der Waals surface area contributed by atoms with Gasteiger partial charge in [-0.25, -0.2) is 4.98 Å². The van der Waals surface area contributed by atoms with Crippen LogP contribution < -0.4 is 5.73 Å². The van der Waals surface area contributed by atoms with Crippen molar-refractivity contribution in [2.24, 2.45) is 5.73 Å². The van der Waals surface area contributed by atoms with Gasteiger partial charge >= 0.3 is 0 Å². The predicted octanol–water partition coefficient (Wildman–Crippen LogP) is 2.90. The fourth-order valence-electron chi connectivity index (χ4n) is 1.91. The van der Waals surface area contributed by atoms with E-state index in [0.29, 0.717) is 18.2 Å². The molecule has 0 bridgehead atoms. The quantitative estimate of drug-likeness (QED) is 0.855. The van der Waals surface area contributed by atoms with Gasteiger partial charge < -0.3 is 14.7 Å². The van der Waals surface area contributed by atoms with Gasteiger partial charge in [0.2, 0.25) is 5.89 Å². The van der Waals surface area contributed by atoms with Gasteiger partial charge in [0.05, 0.1) is 18.5 Å². The Hall–Kier alpha value is -1.34. The van der Waals surface area contributed by atoms with Crippen molar-refractivity contribution in [3.8, 4) is 0 Å². The first-order chi connectivity index (χ1) is 9.82. The molecule has 0 saturated carbocycles. The van der Waals surface area contributed by atoms with Crippen LogP contribution in [0.15, 0.2) is 15.8 Å². The lowest BCUT2D eigenvalue weighted by atomic mass is 9.94. The van der Waals surface area contributed by atoms with Crippen molar-refractivity contribution in [1.29, 1.82) is 0 Å². The molecular formula is C14H23N5OS. The second kappa shape index (κ2) is 6.19. The lowest BCUT2D eigenvalue weighted by Crippen LogP contribution is -2.11. The van der Waals surface area contributed by atoms with E-state index in [0.717, 1.165) is 16.7 Å². The van der Waals surface area contributed by atoms with Crippen molar-refractivity contribution >= 4 is 11.8 Å². The fraction of sp³-hybridized carbons (Fsp3) is 0.643. The van der Waals surface area contributed by atoms with Crippen molar-refractivity contribution in [3.05, 3.63) is 23.7 Å². The van der Waals surface area contributed by atoms with Crippen molar-refractivity contribution in [2.45, 2.75) is 63.5 Å². The van der Waals surface area contributed by atoms with E-state index in [1.165, 1.54) is 0 Å². The smallest absolute Gasteiger partial charge is 0.204 e. The van der Waals surface area contributed by atoms with Crippen molar-refractivity contribution in [3.63, 3.8) is 0 Å². The first-order valence-electron chi connectivity index (χ1n) is 7.04. The van der Waals surface area contributed by atoms with Crippen LogP contribution in [0, 0.1) is 0 Å². The zero-order valence-corrected chi connectivity index (χ0v) is 14.1. The fourth-order valence-corrected chi connectivity index (χ4v) is 2.85. The van der Waals surface area contributed by atoms with Gasteiger partial charge in [0.25, 0.3) is 0 Å². The Labute approximate surface area is 129 Å². The molecule has 2 heterocycles. The Kier molecular flexibility index (Phi) is 4.73. The molecule has 116 valence electrons. The number of hydrogen-bond acceptors (Lipinski definition) is 6. The summed E-state index contributed by atoms with van der Waals surface area (Å²) in [5.41, 5.74) is 5.67. The molecule has 2 N–H and O–H groups in total. The normalized spacial score (nSPS) is 12.3. The number of nitrogens with zero attached hydrogens (tertiary/aromatic N) is 4. The molecular weight excluding hydrogens is 286 g/mol. The average molecular weight is 309 g/mol. The number of nitrogens with two attached hydrogens (primary N) is 1. The minimum absolute atomic E-state index is 0.0272. The summed E-state index contributed by atoms with van der Waals surface area (Å²) in [4.78, 5) is 4.33. The van der Waals surface area contributed by atoms with Crippen molar-refractivity contribution in [1.82, 2.24) is 19.7 Å².